The van der Waals surface area contributed by atoms with E-state index in [1.165, 1.54) is 0 Å². The van der Waals surface area contributed by atoms with E-state index in [9.17, 15) is 8.78 Å². The summed E-state index contributed by atoms with van der Waals surface area (Å²) in [5.41, 5.74) is 0. The molecule has 0 spiro atoms. The van der Waals surface area contributed by atoms with Gasteiger partial charge in [0.05, 0.1) is 6.61 Å². The van der Waals surface area contributed by atoms with Crippen LogP contribution in [0.25, 0.3) is 0 Å². The fourth-order valence-electron chi connectivity index (χ4n) is 1.15. The molecule has 9 heavy (non-hydrogen) atoms. The molecule has 4 heteroatoms. The highest BCUT2D eigenvalue weighted by Crippen LogP contribution is 2.45. The smallest absolute Gasteiger partial charge is 0.293 e. The highest BCUT2D eigenvalue weighted by molar-refractivity contribution is 5.15. The minimum atomic E-state index is -2.59. The fraction of sp³-hybridized carbons (Fsp3) is 1.00. The SMILES string of the molecule is FC1(F)[C@@H]2OCCN[C@@H]21. The summed E-state index contributed by atoms with van der Waals surface area (Å²) in [6.45, 7) is 0.966. The summed E-state index contributed by atoms with van der Waals surface area (Å²) in [7, 11) is 0. The van der Waals surface area contributed by atoms with Crippen molar-refractivity contribution in [2.24, 2.45) is 0 Å². The summed E-state index contributed by atoms with van der Waals surface area (Å²) in [6.07, 6.45) is -0.828. The fourth-order valence-corrected chi connectivity index (χ4v) is 1.15. The standard InChI is InChI=1S/C5H7F2NO/c6-5(7)3-4(5)9-2-1-8-3/h3-4,8H,1-2H2/t3-,4+/m0/s1. The average molecular weight is 135 g/mol. The molecule has 0 bridgehead atoms. The first kappa shape index (κ1) is 5.56. The van der Waals surface area contributed by atoms with Crippen LogP contribution in [-0.4, -0.2) is 31.2 Å². The first-order valence-corrected chi connectivity index (χ1v) is 2.96. The number of rotatable bonds is 0. The first-order valence-electron chi connectivity index (χ1n) is 2.96. The Labute approximate surface area is 51.2 Å². The van der Waals surface area contributed by atoms with E-state index in [0.29, 0.717) is 13.2 Å². The lowest BCUT2D eigenvalue weighted by atomic mass is 10.5. The topological polar surface area (TPSA) is 21.3 Å². The van der Waals surface area contributed by atoms with E-state index in [0.717, 1.165) is 0 Å². The number of halogens is 2. The summed E-state index contributed by atoms with van der Waals surface area (Å²) < 4.78 is 29.4. The molecule has 0 amide bonds. The van der Waals surface area contributed by atoms with Gasteiger partial charge in [-0.05, 0) is 0 Å². The number of hydrogen-bond donors (Lipinski definition) is 1. The molecule has 2 nitrogen and oxygen atoms in total. The maximum Gasteiger partial charge on any atom is 0.293 e. The second-order valence-electron chi connectivity index (χ2n) is 2.40. The molecule has 2 atom stereocenters. The van der Waals surface area contributed by atoms with Gasteiger partial charge in [0.15, 0.2) is 0 Å². The zero-order valence-electron chi connectivity index (χ0n) is 4.73. The number of nitrogens with one attached hydrogen (secondary N) is 1. The molecule has 0 aromatic rings. The molecule has 0 unspecified atom stereocenters. The molecule has 1 saturated carbocycles. The normalized spacial score (nSPS) is 46.0. The van der Waals surface area contributed by atoms with Crippen molar-refractivity contribution >= 4 is 0 Å². The summed E-state index contributed by atoms with van der Waals surface area (Å²) in [5, 5.41) is 2.67. The van der Waals surface area contributed by atoms with Crippen LogP contribution in [0.15, 0.2) is 0 Å². The Hall–Kier alpha value is -0.220. The lowest BCUT2D eigenvalue weighted by Crippen LogP contribution is -2.31. The van der Waals surface area contributed by atoms with E-state index in [1.807, 2.05) is 0 Å². The molecule has 1 heterocycles. The summed E-state index contributed by atoms with van der Waals surface area (Å²) in [4.78, 5) is 0. The van der Waals surface area contributed by atoms with E-state index in [1.54, 1.807) is 0 Å². The predicted octanol–water partition coefficient (Wildman–Crippen LogP) is -0.00770. The third kappa shape index (κ3) is 0.602. The molecule has 2 rings (SSSR count). The lowest BCUT2D eigenvalue weighted by Gasteiger charge is -2.07. The number of fused-ring (bicyclic) bond motifs is 1. The van der Waals surface area contributed by atoms with Crippen LogP contribution in [0.1, 0.15) is 0 Å². The monoisotopic (exact) mass is 135 g/mol. The zero-order chi connectivity index (χ0) is 6.48. The van der Waals surface area contributed by atoms with Gasteiger partial charge in [0.1, 0.15) is 12.1 Å². The predicted molar refractivity (Wildman–Crippen MR) is 26.5 cm³/mol. The summed E-state index contributed by atoms with van der Waals surface area (Å²) in [6, 6.07) is -0.689. The van der Waals surface area contributed by atoms with Gasteiger partial charge in [-0.3, -0.25) is 0 Å². The highest BCUT2D eigenvalue weighted by atomic mass is 19.3. The van der Waals surface area contributed by atoms with E-state index >= 15 is 0 Å². The van der Waals surface area contributed by atoms with Crippen molar-refractivity contribution < 1.29 is 13.5 Å². The summed E-state index contributed by atoms with van der Waals surface area (Å²) in [5.74, 6) is -2.59. The maximum atomic E-state index is 12.3. The van der Waals surface area contributed by atoms with Gasteiger partial charge in [-0.2, -0.15) is 0 Å². The molecular formula is C5H7F2NO. The Morgan fingerprint density at radius 2 is 2.33 bits per heavy atom. The van der Waals surface area contributed by atoms with Crippen molar-refractivity contribution in [2.75, 3.05) is 13.2 Å². The molecule has 0 radical (unpaired) electrons. The zero-order valence-corrected chi connectivity index (χ0v) is 4.73. The summed E-state index contributed by atoms with van der Waals surface area (Å²) >= 11 is 0. The number of hydrogen-bond acceptors (Lipinski definition) is 2. The molecular weight excluding hydrogens is 128 g/mol. The van der Waals surface area contributed by atoms with Gasteiger partial charge in [-0.25, -0.2) is 8.78 Å². The van der Waals surface area contributed by atoms with Crippen LogP contribution >= 0.6 is 0 Å². The van der Waals surface area contributed by atoms with Gasteiger partial charge in [-0.1, -0.05) is 0 Å². The van der Waals surface area contributed by atoms with Crippen molar-refractivity contribution in [3.8, 4) is 0 Å². The van der Waals surface area contributed by atoms with E-state index < -0.39 is 18.1 Å². The molecule has 1 saturated heterocycles. The van der Waals surface area contributed by atoms with Crippen molar-refractivity contribution in [2.45, 2.75) is 18.1 Å². The number of ether oxygens (including phenoxy) is 1. The Bertz CT molecular complexity index is 125. The van der Waals surface area contributed by atoms with Crippen LogP contribution in [0.2, 0.25) is 0 Å². The Balaban J connectivity index is 2.06. The third-order valence-corrected chi connectivity index (χ3v) is 1.75. The molecule has 1 N–H and O–H groups in total. The first-order chi connectivity index (χ1) is 4.23. The van der Waals surface area contributed by atoms with E-state index in [4.69, 9.17) is 4.74 Å². The van der Waals surface area contributed by atoms with Gasteiger partial charge >= 0.3 is 0 Å². The van der Waals surface area contributed by atoms with Crippen LogP contribution in [0.5, 0.6) is 0 Å². The quantitative estimate of drug-likeness (QED) is 0.504. The molecule has 0 aromatic carbocycles. The third-order valence-electron chi connectivity index (χ3n) is 1.75. The van der Waals surface area contributed by atoms with Gasteiger partial charge in [-0.15, -0.1) is 0 Å². The highest BCUT2D eigenvalue weighted by Gasteiger charge is 2.70. The van der Waals surface area contributed by atoms with Gasteiger partial charge in [0.25, 0.3) is 5.92 Å². The minimum Gasteiger partial charge on any atom is -0.369 e. The van der Waals surface area contributed by atoms with Crippen LogP contribution in [0.3, 0.4) is 0 Å². The van der Waals surface area contributed by atoms with E-state index in [2.05, 4.69) is 5.32 Å². The largest absolute Gasteiger partial charge is 0.369 e. The van der Waals surface area contributed by atoms with E-state index in [-0.39, 0.29) is 0 Å². The second-order valence-corrected chi connectivity index (χ2v) is 2.40. The van der Waals surface area contributed by atoms with Crippen molar-refractivity contribution in [3.63, 3.8) is 0 Å². The van der Waals surface area contributed by atoms with Gasteiger partial charge < -0.3 is 10.1 Å². The maximum absolute atomic E-state index is 12.3. The van der Waals surface area contributed by atoms with Crippen molar-refractivity contribution in [1.29, 1.82) is 0 Å². The van der Waals surface area contributed by atoms with Crippen molar-refractivity contribution in [1.82, 2.24) is 5.32 Å². The molecule has 1 aliphatic heterocycles. The number of morpholine rings is 1. The molecule has 52 valence electrons. The average Bonchev–Trinajstić information content (AvgIpc) is 2.39. The van der Waals surface area contributed by atoms with Crippen LogP contribution in [0, 0.1) is 0 Å². The Kier molecular flexibility index (Phi) is 0.887. The second kappa shape index (κ2) is 1.44. The van der Waals surface area contributed by atoms with Gasteiger partial charge in [0.2, 0.25) is 0 Å². The van der Waals surface area contributed by atoms with Crippen LogP contribution in [0.4, 0.5) is 8.78 Å². The number of alkyl halides is 2. The lowest BCUT2D eigenvalue weighted by molar-refractivity contribution is 0.0175. The molecule has 2 aliphatic rings. The Morgan fingerprint density at radius 1 is 1.56 bits per heavy atom. The minimum absolute atomic E-state index is 0.413. The molecule has 1 aliphatic carbocycles. The van der Waals surface area contributed by atoms with Crippen molar-refractivity contribution in [3.05, 3.63) is 0 Å². The molecule has 2 fully saturated rings. The Morgan fingerprint density at radius 3 is 2.78 bits per heavy atom. The molecule has 0 aromatic heterocycles. The van der Waals surface area contributed by atoms with Crippen LogP contribution < -0.4 is 5.32 Å². The van der Waals surface area contributed by atoms with Gasteiger partial charge in [0, 0.05) is 6.54 Å². The van der Waals surface area contributed by atoms with Crippen LogP contribution in [-0.2, 0) is 4.74 Å².